The summed E-state index contributed by atoms with van der Waals surface area (Å²) >= 11 is 3.22. The Morgan fingerprint density at radius 1 is 1.18 bits per heavy atom. The van der Waals surface area contributed by atoms with Gasteiger partial charge in [-0.3, -0.25) is 14.3 Å². The highest BCUT2D eigenvalue weighted by atomic mass is 35.5. The van der Waals surface area contributed by atoms with Crippen molar-refractivity contribution in [2.45, 2.75) is 19.5 Å². The van der Waals surface area contributed by atoms with E-state index in [0.29, 0.717) is 0 Å². The predicted molar refractivity (Wildman–Crippen MR) is 94.4 cm³/mol. The van der Waals surface area contributed by atoms with Crippen molar-refractivity contribution in [2.75, 3.05) is 13.1 Å². The van der Waals surface area contributed by atoms with Gasteiger partial charge in [0.15, 0.2) is 0 Å². The van der Waals surface area contributed by atoms with Crippen molar-refractivity contribution >= 4 is 45.3 Å². The minimum atomic E-state index is 0. The van der Waals surface area contributed by atoms with Crippen LogP contribution in [0, 0.1) is 0 Å². The molecular weight excluding hydrogens is 338 g/mol. The maximum atomic E-state index is 12.5. The van der Waals surface area contributed by atoms with Crippen LogP contribution in [-0.4, -0.2) is 27.5 Å². The average molecular weight is 354 g/mol. The van der Waals surface area contributed by atoms with Gasteiger partial charge in [0.25, 0.3) is 5.56 Å². The summed E-state index contributed by atoms with van der Waals surface area (Å²) in [6, 6.07) is 4.11. The van der Waals surface area contributed by atoms with E-state index in [0.717, 1.165) is 48.6 Å². The first-order chi connectivity index (χ1) is 10.3. The monoisotopic (exact) mass is 353 g/mol. The molecule has 1 aliphatic rings. The van der Waals surface area contributed by atoms with Gasteiger partial charge >= 0.3 is 0 Å². The topological polar surface area (TPSA) is 38.1 Å². The Bertz CT molecular complexity index is 825. The Labute approximate surface area is 142 Å². The lowest BCUT2D eigenvalue weighted by Gasteiger charge is -2.18. The lowest BCUT2D eigenvalue weighted by molar-refractivity contribution is 0.271. The molecule has 0 N–H and O–H groups in total. The maximum Gasteiger partial charge on any atom is 0.271 e. The largest absolute Gasteiger partial charge is 0.297 e. The molecule has 0 bridgehead atoms. The first-order valence-electron chi connectivity index (χ1n) is 7.01. The zero-order chi connectivity index (χ0) is 14.2. The van der Waals surface area contributed by atoms with Crippen molar-refractivity contribution in [3.63, 3.8) is 0 Å². The fraction of sp³-hybridized carbons (Fsp3) is 0.333. The third kappa shape index (κ3) is 2.84. The van der Waals surface area contributed by atoms with E-state index in [1.54, 1.807) is 11.3 Å². The maximum absolute atomic E-state index is 12.5. The van der Waals surface area contributed by atoms with Crippen molar-refractivity contribution in [3.05, 3.63) is 50.0 Å². The molecule has 3 aromatic heterocycles. The van der Waals surface area contributed by atoms with E-state index >= 15 is 0 Å². The van der Waals surface area contributed by atoms with E-state index in [4.69, 9.17) is 0 Å². The van der Waals surface area contributed by atoms with Crippen LogP contribution in [0.5, 0.6) is 0 Å². The van der Waals surface area contributed by atoms with Crippen molar-refractivity contribution < 1.29 is 0 Å². The van der Waals surface area contributed by atoms with Gasteiger partial charge in [0, 0.05) is 32.6 Å². The van der Waals surface area contributed by atoms with Gasteiger partial charge in [-0.2, -0.15) is 11.3 Å². The Hall–Kier alpha value is -1.21. The van der Waals surface area contributed by atoms with E-state index in [-0.39, 0.29) is 18.0 Å². The molecule has 0 fully saturated rings. The first kappa shape index (κ1) is 15.7. The summed E-state index contributed by atoms with van der Waals surface area (Å²) in [5, 5.41) is 6.25. The van der Waals surface area contributed by atoms with Crippen molar-refractivity contribution in [1.82, 2.24) is 14.5 Å². The molecular formula is C15H16ClN3OS2. The summed E-state index contributed by atoms with van der Waals surface area (Å²) in [4.78, 5) is 19.6. The van der Waals surface area contributed by atoms with Crippen molar-refractivity contribution in [1.29, 1.82) is 0 Å². The molecule has 0 atom stereocenters. The Kier molecular flexibility index (Phi) is 4.63. The van der Waals surface area contributed by atoms with Gasteiger partial charge in [0.2, 0.25) is 0 Å². The SMILES string of the molecule is Cl.O=c1c2sccc2nc2n1CCN(Cc1ccsc1)CC2. The average Bonchev–Trinajstić information content (AvgIpc) is 3.10. The molecule has 0 spiro atoms. The van der Waals surface area contributed by atoms with Gasteiger partial charge in [-0.25, -0.2) is 4.98 Å². The summed E-state index contributed by atoms with van der Waals surface area (Å²) in [5.41, 5.74) is 2.33. The molecule has 4 nitrogen and oxygen atoms in total. The first-order valence-corrected chi connectivity index (χ1v) is 8.84. The van der Waals surface area contributed by atoms with Gasteiger partial charge in [0.05, 0.1) is 5.52 Å². The zero-order valence-corrected chi connectivity index (χ0v) is 14.3. The molecule has 116 valence electrons. The van der Waals surface area contributed by atoms with Gasteiger partial charge < -0.3 is 0 Å². The summed E-state index contributed by atoms with van der Waals surface area (Å²) in [6.07, 6.45) is 0.838. The number of fused-ring (bicyclic) bond motifs is 2. The van der Waals surface area contributed by atoms with Gasteiger partial charge in [-0.1, -0.05) is 0 Å². The van der Waals surface area contributed by atoms with Crippen molar-refractivity contribution in [2.24, 2.45) is 0 Å². The van der Waals surface area contributed by atoms with Crippen LogP contribution >= 0.6 is 35.1 Å². The lowest BCUT2D eigenvalue weighted by atomic mass is 10.3. The van der Waals surface area contributed by atoms with E-state index in [1.807, 2.05) is 16.0 Å². The Morgan fingerprint density at radius 2 is 2.09 bits per heavy atom. The van der Waals surface area contributed by atoms with Crippen LogP contribution in [0.15, 0.2) is 33.1 Å². The minimum Gasteiger partial charge on any atom is -0.297 e. The molecule has 1 aliphatic heterocycles. The van der Waals surface area contributed by atoms with E-state index in [9.17, 15) is 4.79 Å². The second kappa shape index (κ2) is 6.50. The van der Waals surface area contributed by atoms with Gasteiger partial charge in [0.1, 0.15) is 10.5 Å². The second-order valence-corrected chi connectivity index (χ2v) is 6.97. The van der Waals surface area contributed by atoms with Crippen molar-refractivity contribution in [3.8, 4) is 0 Å². The number of nitrogens with zero attached hydrogens (tertiary/aromatic N) is 3. The zero-order valence-electron chi connectivity index (χ0n) is 11.9. The van der Waals surface area contributed by atoms with E-state index in [2.05, 4.69) is 26.7 Å². The smallest absolute Gasteiger partial charge is 0.271 e. The number of hydrogen-bond acceptors (Lipinski definition) is 5. The van der Waals surface area contributed by atoms with Crippen LogP contribution in [0.4, 0.5) is 0 Å². The molecule has 4 rings (SSSR count). The molecule has 0 radical (unpaired) electrons. The highest BCUT2D eigenvalue weighted by molar-refractivity contribution is 7.17. The fourth-order valence-electron chi connectivity index (χ4n) is 2.82. The Balaban J connectivity index is 0.00000144. The van der Waals surface area contributed by atoms with Crippen LogP contribution < -0.4 is 5.56 Å². The molecule has 0 saturated carbocycles. The second-order valence-electron chi connectivity index (χ2n) is 5.28. The number of aromatic nitrogens is 2. The summed E-state index contributed by atoms with van der Waals surface area (Å²) < 4.78 is 2.65. The molecule has 0 unspecified atom stereocenters. The van der Waals surface area contributed by atoms with E-state index in [1.165, 1.54) is 16.9 Å². The predicted octanol–water partition coefficient (Wildman–Crippen LogP) is 3.00. The quantitative estimate of drug-likeness (QED) is 0.710. The summed E-state index contributed by atoms with van der Waals surface area (Å²) in [6.45, 7) is 3.55. The fourth-order valence-corrected chi connectivity index (χ4v) is 4.26. The third-order valence-corrected chi connectivity index (χ3v) is 5.55. The third-order valence-electron chi connectivity index (χ3n) is 3.92. The highest BCUT2D eigenvalue weighted by Gasteiger charge is 2.18. The van der Waals surface area contributed by atoms with E-state index < -0.39 is 0 Å². The number of thiophene rings is 2. The number of hydrogen-bond donors (Lipinski definition) is 0. The van der Waals surface area contributed by atoms with Crippen LogP contribution in [0.1, 0.15) is 11.4 Å². The van der Waals surface area contributed by atoms with Crippen LogP contribution in [-0.2, 0) is 19.5 Å². The standard InChI is InChI=1S/C15H15N3OS2.ClH/c19-15-14-12(3-8-21-14)16-13-1-4-17(5-6-18(13)15)9-11-2-7-20-10-11;/h2-3,7-8,10H,1,4-6,9H2;1H. The molecule has 4 heterocycles. The normalized spacial score (nSPS) is 15.3. The highest BCUT2D eigenvalue weighted by Crippen LogP contribution is 2.17. The van der Waals surface area contributed by atoms with Gasteiger partial charge in [-0.15, -0.1) is 23.7 Å². The molecule has 7 heteroatoms. The molecule has 0 aromatic carbocycles. The molecule has 3 aromatic rings. The lowest BCUT2D eigenvalue weighted by Crippen LogP contribution is -2.28. The van der Waals surface area contributed by atoms with Crippen LogP contribution in [0.2, 0.25) is 0 Å². The molecule has 0 saturated heterocycles. The summed E-state index contributed by atoms with van der Waals surface area (Å²) in [7, 11) is 0. The molecule has 0 amide bonds. The number of rotatable bonds is 2. The van der Waals surface area contributed by atoms with Crippen LogP contribution in [0.25, 0.3) is 10.2 Å². The minimum absolute atomic E-state index is 0. The van der Waals surface area contributed by atoms with Crippen LogP contribution in [0.3, 0.4) is 0 Å². The molecule has 0 aliphatic carbocycles. The Morgan fingerprint density at radius 3 is 2.91 bits per heavy atom. The number of halogens is 1. The molecule has 22 heavy (non-hydrogen) atoms. The summed E-state index contributed by atoms with van der Waals surface area (Å²) in [5.74, 6) is 0.929. The van der Waals surface area contributed by atoms with Gasteiger partial charge in [-0.05, 0) is 33.8 Å².